The molecule has 1 aliphatic heterocycles. The number of hydrogen-bond donors (Lipinski definition) is 1. The molecule has 144 valence electrons. The highest BCUT2D eigenvalue weighted by atomic mass is 35.5. The van der Waals surface area contributed by atoms with E-state index in [0.29, 0.717) is 16.5 Å². The maximum Gasteiger partial charge on any atom is 0.231 e. The van der Waals surface area contributed by atoms with Crippen LogP contribution in [0.2, 0.25) is 5.02 Å². The van der Waals surface area contributed by atoms with Gasteiger partial charge in [-0.15, -0.1) is 0 Å². The first-order valence-corrected chi connectivity index (χ1v) is 10.6. The lowest BCUT2D eigenvalue weighted by Gasteiger charge is -2.05. The number of rotatable bonds is 5. The zero-order chi connectivity index (χ0) is 19.6. The van der Waals surface area contributed by atoms with Gasteiger partial charge >= 0.3 is 0 Å². The smallest absolute Gasteiger partial charge is 0.231 e. The number of benzene rings is 3. The van der Waals surface area contributed by atoms with Crippen LogP contribution in [0.15, 0.2) is 78.0 Å². The molecule has 0 saturated heterocycles. The van der Waals surface area contributed by atoms with Gasteiger partial charge in [-0.1, -0.05) is 84.0 Å². The van der Waals surface area contributed by atoms with Gasteiger partial charge in [-0.3, -0.25) is 0 Å². The van der Waals surface area contributed by atoms with E-state index in [1.54, 1.807) is 11.8 Å². The number of fused-ring (bicyclic) bond motifs is 1. The molecule has 0 aliphatic carbocycles. The van der Waals surface area contributed by atoms with Gasteiger partial charge in [0, 0.05) is 28.0 Å². The molecule has 5 rings (SSSR count). The van der Waals surface area contributed by atoms with Crippen LogP contribution in [0.3, 0.4) is 0 Å². The Labute approximate surface area is 177 Å². The van der Waals surface area contributed by atoms with E-state index in [1.165, 1.54) is 0 Å². The Balaban J connectivity index is 1.46. The molecule has 0 bridgehead atoms. The maximum absolute atomic E-state index is 6.42. The molecule has 1 N–H and O–H groups in total. The summed E-state index contributed by atoms with van der Waals surface area (Å²) < 4.78 is 10.9. The fourth-order valence-electron chi connectivity index (χ4n) is 3.25. The average Bonchev–Trinajstić information content (AvgIpc) is 3.40. The van der Waals surface area contributed by atoms with E-state index in [0.717, 1.165) is 39.0 Å². The van der Waals surface area contributed by atoms with Crippen LogP contribution in [0, 0.1) is 0 Å². The molecule has 29 heavy (non-hydrogen) atoms. The summed E-state index contributed by atoms with van der Waals surface area (Å²) in [6.45, 7) is 0.237. The van der Waals surface area contributed by atoms with Gasteiger partial charge in [-0.2, -0.15) is 0 Å². The highest BCUT2D eigenvalue weighted by molar-refractivity contribution is 7.98. The molecule has 0 saturated carbocycles. The Kier molecular flexibility index (Phi) is 4.92. The number of hydrogen-bond acceptors (Lipinski definition) is 4. The van der Waals surface area contributed by atoms with Crippen LogP contribution in [0.25, 0.3) is 22.5 Å². The van der Waals surface area contributed by atoms with Crippen LogP contribution in [-0.4, -0.2) is 16.8 Å². The number of aromatic amines is 1. The highest BCUT2D eigenvalue weighted by Crippen LogP contribution is 2.39. The van der Waals surface area contributed by atoms with Gasteiger partial charge in [0.05, 0.1) is 11.4 Å². The SMILES string of the molecule is Clc1cc2c(cc1CSc1nc(-c3ccccc3)c(-c3ccccc3)[nH]1)OCO2. The van der Waals surface area contributed by atoms with E-state index < -0.39 is 0 Å². The first-order valence-electron chi connectivity index (χ1n) is 9.19. The van der Waals surface area contributed by atoms with Crippen molar-refractivity contribution < 1.29 is 9.47 Å². The zero-order valence-corrected chi connectivity index (χ0v) is 17.0. The molecule has 1 aliphatic rings. The van der Waals surface area contributed by atoms with Crippen molar-refractivity contribution in [2.24, 2.45) is 0 Å². The third-order valence-electron chi connectivity index (χ3n) is 4.70. The Morgan fingerprint density at radius 2 is 1.55 bits per heavy atom. The standard InChI is InChI=1S/C23H17ClN2O2S/c24-18-12-20-19(27-14-28-20)11-17(18)13-29-23-25-21(15-7-3-1-4-8-15)22(26-23)16-9-5-2-6-10-16/h1-12H,13-14H2,(H,25,26). The number of ether oxygens (including phenoxy) is 2. The average molecular weight is 421 g/mol. The number of H-pyrrole nitrogens is 1. The molecule has 0 atom stereocenters. The molecule has 6 heteroatoms. The molecule has 0 radical (unpaired) electrons. The third kappa shape index (κ3) is 3.71. The van der Waals surface area contributed by atoms with Gasteiger partial charge < -0.3 is 14.5 Å². The molecule has 2 heterocycles. The van der Waals surface area contributed by atoms with Gasteiger partial charge in [0.15, 0.2) is 16.7 Å². The van der Waals surface area contributed by atoms with Gasteiger partial charge in [0.2, 0.25) is 6.79 Å². The second kappa shape index (κ2) is 7.85. The van der Waals surface area contributed by atoms with E-state index in [4.69, 9.17) is 26.1 Å². The summed E-state index contributed by atoms with van der Waals surface area (Å²) >= 11 is 8.03. The Morgan fingerprint density at radius 3 is 2.28 bits per heavy atom. The van der Waals surface area contributed by atoms with Crippen molar-refractivity contribution >= 4 is 23.4 Å². The normalized spacial score (nSPS) is 12.3. The van der Waals surface area contributed by atoms with E-state index in [9.17, 15) is 0 Å². The van der Waals surface area contributed by atoms with Crippen molar-refractivity contribution in [3.05, 3.63) is 83.4 Å². The summed E-state index contributed by atoms with van der Waals surface area (Å²) in [4.78, 5) is 8.37. The molecular weight excluding hydrogens is 404 g/mol. The number of thioether (sulfide) groups is 1. The highest BCUT2D eigenvalue weighted by Gasteiger charge is 2.18. The minimum absolute atomic E-state index is 0.237. The topological polar surface area (TPSA) is 47.1 Å². The van der Waals surface area contributed by atoms with Crippen LogP contribution in [0.5, 0.6) is 11.5 Å². The van der Waals surface area contributed by atoms with Crippen LogP contribution < -0.4 is 9.47 Å². The molecule has 1 aromatic heterocycles. The van der Waals surface area contributed by atoms with E-state index in [-0.39, 0.29) is 6.79 Å². The molecule has 0 fully saturated rings. The van der Waals surface area contributed by atoms with E-state index >= 15 is 0 Å². The lowest BCUT2D eigenvalue weighted by atomic mass is 10.1. The second-order valence-corrected chi connectivity index (χ2v) is 7.95. The van der Waals surface area contributed by atoms with Crippen LogP contribution in [0.1, 0.15) is 5.56 Å². The van der Waals surface area contributed by atoms with Crippen molar-refractivity contribution in [1.29, 1.82) is 0 Å². The number of nitrogens with one attached hydrogen (secondary N) is 1. The fourth-order valence-corrected chi connectivity index (χ4v) is 4.42. The summed E-state index contributed by atoms with van der Waals surface area (Å²) in [6, 6.07) is 24.2. The molecule has 3 aromatic carbocycles. The number of nitrogens with zero attached hydrogens (tertiary/aromatic N) is 1. The lowest BCUT2D eigenvalue weighted by Crippen LogP contribution is -1.92. The van der Waals surface area contributed by atoms with E-state index in [1.807, 2.05) is 48.5 Å². The van der Waals surface area contributed by atoms with Gasteiger partial charge in [0.25, 0.3) is 0 Å². The lowest BCUT2D eigenvalue weighted by molar-refractivity contribution is 0.174. The molecule has 0 unspecified atom stereocenters. The maximum atomic E-state index is 6.42. The molecule has 4 nitrogen and oxygen atoms in total. The van der Waals surface area contributed by atoms with Crippen LogP contribution >= 0.6 is 23.4 Å². The van der Waals surface area contributed by atoms with Gasteiger partial charge in [-0.25, -0.2) is 4.98 Å². The largest absolute Gasteiger partial charge is 0.454 e. The summed E-state index contributed by atoms with van der Waals surface area (Å²) in [7, 11) is 0. The van der Waals surface area contributed by atoms with Gasteiger partial charge in [0.1, 0.15) is 0 Å². The monoisotopic (exact) mass is 420 g/mol. The minimum Gasteiger partial charge on any atom is -0.454 e. The predicted molar refractivity (Wildman–Crippen MR) is 117 cm³/mol. The third-order valence-corrected chi connectivity index (χ3v) is 5.97. The van der Waals surface area contributed by atoms with Crippen molar-refractivity contribution in [3.8, 4) is 34.0 Å². The van der Waals surface area contributed by atoms with Crippen molar-refractivity contribution in [1.82, 2.24) is 9.97 Å². The van der Waals surface area contributed by atoms with Crippen molar-refractivity contribution in [2.45, 2.75) is 10.9 Å². The fraction of sp³-hybridized carbons (Fsp3) is 0.0870. The van der Waals surface area contributed by atoms with Gasteiger partial charge in [-0.05, 0) is 11.6 Å². The summed E-state index contributed by atoms with van der Waals surface area (Å²) in [6.07, 6.45) is 0. The Morgan fingerprint density at radius 1 is 0.897 bits per heavy atom. The predicted octanol–water partition coefficient (Wildman–Crippen LogP) is 6.42. The minimum atomic E-state index is 0.237. The molecule has 0 amide bonds. The first-order chi connectivity index (χ1) is 14.3. The number of aromatic nitrogens is 2. The number of imidazole rings is 1. The summed E-state index contributed by atoms with van der Waals surface area (Å²) in [5.74, 6) is 2.10. The van der Waals surface area contributed by atoms with Crippen LogP contribution in [0.4, 0.5) is 0 Å². The van der Waals surface area contributed by atoms with Crippen molar-refractivity contribution in [3.63, 3.8) is 0 Å². The molecule has 0 spiro atoms. The summed E-state index contributed by atoms with van der Waals surface area (Å²) in [5.41, 5.74) is 5.12. The quantitative estimate of drug-likeness (QED) is 0.378. The number of halogens is 1. The second-order valence-electron chi connectivity index (χ2n) is 6.58. The molecular formula is C23H17ClN2O2S. The summed E-state index contributed by atoms with van der Waals surface area (Å²) in [5, 5.41) is 1.51. The zero-order valence-electron chi connectivity index (χ0n) is 15.4. The van der Waals surface area contributed by atoms with Crippen LogP contribution in [-0.2, 0) is 5.75 Å². The van der Waals surface area contributed by atoms with Crippen molar-refractivity contribution in [2.75, 3.05) is 6.79 Å². The first kappa shape index (κ1) is 18.2. The Bertz CT molecular complexity index is 1090. The Hall–Kier alpha value is -2.89. The molecule has 4 aromatic rings. The van der Waals surface area contributed by atoms with E-state index in [2.05, 4.69) is 29.2 Å².